The number of rotatable bonds is 4. The highest BCUT2D eigenvalue weighted by Gasteiger charge is 2.08. The summed E-state index contributed by atoms with van der Waals surface area (Å²) in [5.41, 5.74) is 2.00. The lowest BCUT2D eigenvalue weighted by Gasteiger charge is -2.14. The van der Waals surface area contributed by atoms with Crippen molar-refractivity contribution < 1.29 is 0 Å². The third kappa shape index (κ3) is 2.77. The molecule has 0 aromatic carbocycles. The normalized spacial score (nSPS) is 12.8. The van der Waals surface area contributed by atoms with Crippen LogP contribution in [0.2, 0.25) is 0 Å². The van der Waals surface area contributed by atoms with Crippen molar-refractivity contribution >= 4 is 0 Å². The van der Waals surface area contributed by atoms with Gasteiger partial charge in [-0.1, -0.05) is 13.8 Å². The minimum atomic E-state index is 0.345. The van der Waals surface area contributed by atoms with Crippen LogP contribution in [0.4, 0.5) is 0 Å². The Kier molecular flexibility index (Phi) is 3.83. The number of nitrogens with one attached hydrogen (secondary N) is 1. The Hall–Kier alpha value is -0.960. The van der Waals surface area contributed by atoms with Crippen LogP contribution in [0.5, 0.6) is 0 Å². The van der Waals surface area contributed by atoms with Crippen molar-refractivity contribution in [3.63, 3.8) is 0 Å². The number of nitrogens with zero attached hydrogens (tertiary/aromatic N) is 2. The fourth-order valence-electron chi connectivity index (χ4n) is 1.29. The Labute approximate surface area is 79.6 Å². The summed E-state index contributed by atoms with van der Waals surface area (Å²) in [6, 6.07) is 0.345. The quantitative estimate of drug-likeness (QED) is 0.766. The second-order valence-corrected chi connectivity index (χ2v) is 3.10. The van der Waals surface area contributed by atoms with Crippen LogP contribution in [0.15, 0.2) is 12.4 Å². The van der Waals surface area contributed by atoms with E-state index in [1.54, 1.807) is 0 Å². The van der Waals surface area contributed by atoms with Gasteiger partial charge in [0, 0.05) is 6.20 Å². The zero-order valence-electron chi connectivity index (χ0n) is 8.54. The topological polar surface area (TPSA) is 37.8 Å². The Balaban J connectivity index is 2.73. The first kappa shape index (κ1) is 10.1. The van der Waals surface area contributed by atoms with Gasteiger partial charge in [-0.15, -0.1) is 0 Å². The Bertz CT molecular complexity index is 243. The van der Waals surface area contributed by atoms with E-state index in [0.717, 1.165) is 24.4 Å². The average molecular weight is 179 g/mol. The van der Waals surface area contributed by atoms with E-state index in [2.05, 4.69) is 29.1 Å². The number of hydrogen-bond donors (Lipinski definition) is 1. The van der Waals surface area contributed by atoms with Gasteiger partial charge in [0.1, 0.15) is 0 Å². The first-order valence-corrected chi connectivity index (χ1v) is 4.79. The number of aryl methyl sites for hydroxylation is 1. The zero-order valence-corrected chi connectivity index (χ0v) is 8.54. The van der Waals surface area contributed by atoms with Crippen LogP contribution in [0.1, 0.15) is 37.7 Å². The molecule has 0 saturated carbocycles. The lowest BCUT2D eigenvalue weighted by molar-refractivity contribution is 0.522. The minimum Gasteiger partial charge on any atom is -0.309 e. The summed E-state index contributed by atoms with van der Waals surface area (Å²) in [7, 11) is 0. The summed E-state index contributed by atoms with van der Waals surface area (Å²) in [4.78, 5) is 8.57. The third-order valence-electron chi connectivity index (χ3n) is 2.02. The second-order valence-electron chi connectivity index (χ2n) is 3.10. The van der Waals surface area contributed by atoms with Crippen LogP contribution in [0, 0.1) is 6.92 Å². The van der Waals surface area contributed by atoms with Crippen LogP contribution in [0.3, 0.4) is 0 Å². The monoisotopic (exact) mass is 179 g/mol. The molecule has 1 N–H and O–H groups in total. The van der Waals surface area contributed by atoms with Gasteiger partial charge >= 0.3 is 0 Å². The fraction of sp³-hybridized carbons (Fsp3) is 0.600. The van der Waals surface area contributed by atoms with Gasteiger partial charge in [0.05, 0.1) is 23.6 Å². The van der Waals surface area contributed by atoms with E-state index >= 15 is 0 Å². The fourth-order valence-corrected chi connectivity index (χ4v) is 1.29. The summed E-state index contributed by atoms with van der Waals surface area (Å²) >= 11 is 0. The van der Waals surface area contributed by atoms with Crippen molar-refractivity contribution in [2.24, 2.45) is 0 Å². The molecule has 13 heavy (non-hydrogen) atoms. The van der Waals surface area contributed by atoms with E-state index in [1.165, 1.54) is 0 Å². The van der Waals surface area contributed by atoms with Crippen molar-refractivity contribution in [2.75, 3.05) is 6.54 Å². The Morgan fingerprint density at radius 1 is 1.31 bits per heavy atom. The number of aromatic nitrogens is 2. The van der Waals surface area contributed by atoms with Crippen molar-refractivity contribution in [3.05, 3.63) is 23.8 Å². The van der Waals surface area contributed by atoms with E-state index in [-0.39, 0.29) is 0 Å². The Morgan fingerprint density at radius 3 is 2.54 bits per heavy atom. The maximum absolute atomic E-state index is 4.34. The summed E-state index contributed by atoms with van der Waals surface area (Å²) in [5.74, 6) is 0. The molecule has 0 saturated heterocycles. The molecule has 0 aliphatic rings. The van der Waals surface area contributed by atoms with Crippen LogP contribution < -0.4 is 5.32 Å². The van der Waals surface area contributed by atoms with Crippen LogP contribution in [0.25, 0.3) is 0 Å². The molecule has 3 heteroatoms. The molecule has 0 bridgehead atoms. The lowest BCUT2D eigenvalue weighted by Crippen LogP contribution is -2.21. The van der Waals surface area contributed by atoms with Gasteiger partial charge in [-0.3, -0.25) is 9.97 Å². The summed E-state index contributed by atoms with van der Waals surface area (Å²) in [6.07, 6.45) is 4.72. The molecule has 1 heterocycles. The van der Waals surface area contributed by atoms with Gasteiger partial charge in [-0.2, -0.15) is 0 Å². The molecule has 3 nitrogen and oxygen atoms in total. The van der Waals surface area contributed by atoms with Crippen molar-refractivity contribution in [1.29, 1.82) is 0 Å². The molecule has 1 aromatic rings. The van der Waals surface area contributed by atoms with E-state index in [1.807, 2.05) is 19.3 Å². The standard InChI is InChI=1S/C10H17N3/c1-4-9(11-5-2)10-7-12-8(3)6-13-10/h6-7,9,11H,4-5H2,1-3H3. The predicted molar refractivity (Wildman–Crippen MR) is 53.5 cm³/mol. The largest absolute Gasteiger partial charge is 0.309 e. The molecule has 0 aliphatic carbocycles. The van der Waals surface area contributed by atoms with E-state index in [0.29, 0.717) is 6.04 Å². The molecule has 0 spiro atoms. The predicted octanol–water partition coefficient (Wildman–Crippen LogP) is 1.85. The van der Waals surface area contributed by atoms with E-state index in [9.17, 15) is 0 Å². The van der Waals surface area contributed by atoms with Crippen molar-refractivity contribution in [1.82, 2.24) is 15.3 Å². The first-order chi connectivity index (χ1) is 6.27. The van der Waals surface area contributed by atoms with Gasteiger partial charge in [-0.05, 0) is 19.9 Å². The smallest absolute Gasteiger partial charge is 0.0756 e. The highest BCUT2D eigenvalue weighted by molar-refractivity contribution is 5.05. The molecule has 1 aromatic heterocycles. The summed E-state index contributed by atoms with van der Waals surface area (Å²) in [6.45, 7) is 7.16. The van der Waals surface area contributed by atoms with E-state index < -0.39 is 0 Å². The van der Waals surface area contributed by atoms with Gasteiger partial charge in [-0.25, -0.2) is 0 Å². The Morgan fingerprint density at radius 2 is 2.08 bits per heavy atom. The molecule has 0 fully saturated rings. The summed E-state index contributed by atoms with van der Waals surface area (Å²) in [5, 5.41) is 3.37. The van der Waals surface area contributed by atoms with Crippen molar-refractivity contribution in [3.8, 4) is 0 Å². The number of hydrogen-bond acceptors (Lipinski definition) is 3. The van der Waals surface area contributed by atoms with Crippen LogP contribution in [-0.4, -0.2) is 16.5 Å². The van der Waals surface area contributed by atoms with Gasteiger partial charge in [0.15, 0.2) is 0 Å². The molecule has 1 rings (SSSR count). The maximum Gasteiger partial charge on any atom is 0.0756 e. The lowest BCUT2D eigenvalue weighted by atomic mass is 10.1. The highest BCUT2D eigenvalue weighted by atomic mass is 14.9. The SMILES string of the molecule is CCNC(CC)c1cnc(C)cn1. The summed E-state index contributed by atoms with van der Waals surface area (Å²) < 4.78 is 0. The second kappa shape index (κ2) is 4.92. The van der Waals surface area contributed by atoms with Crippen molar-refractivity contribution in [2.45, 2.75) is 33.2 Å². The molecule has 1 atom stereocenters. The van der Waals surface area contributed by atoms with Crippen LogP contribution in [-0.2, 0) is 0 Å². The average Bonchev–Trinajstić information content (AvgIpc) is 2.16. The molecule has 0 radical (unpaired) electrons. The zero-order chi connectivity index (χ0) is 9.68. The molecular formula is C10H17N3. The molecule has 72 valence electrons. The molecular weight excluding hydrogens is 162 g/mol. The molecule has 0 amide bonds. The highest BCUT2D eigenvalue weighted by Crippen LogP contribution is 2.11. The van der Waals surface area contributed by atoms with E-state index in [4.69, 9.17) is 0 Å². The maximum atomic E-state index is 4.34. The minimum absolute atomic E-state index is 0.345. The third-order valence-corrected chi connectivity index (χ3v) is 2.02. The first-order valence-electron chi connectivity index (χ1n) is 4.79. The van der Waals surface area contributed by atoms with Gasteiger partial charge in [0.2, 0.25) is 0 Å². The van der Waals surface area contributed by atoms with Crippen LogP contribution >= 0.6 is 0 Å². The van der Waals surface area contributed by atoms with Gasteiger partial charge < -0.3 is 5.32 Å². The molecule has 1 unspecified atom stereocenters. The molecule has 0 aliphatic heterocycles. The van der Waals surface area contributed by atoms with Gasteiger partial charge in [0.25, 0.3) is 0 Å².